The Morgan fingerprint density at radius 1 is 1.00 bits per heavy atom. The maximum Gasteiger partial charge on any atom is 0.263 e. The van der Waals surface area contributed by atoms with E-state index in [-0.39, 0.29) is 12.5 Å². The molecule has 0 unspecified atom stereocenters. The minimum atomic E-state index is -0.407. The van der Waals surface area contributed by atoms with Gasteiger partial charge >= 0.3 is 0 Å². The van der Waals surface area contributed by atoms with E-state index >= 15 is 0 Å². The van der Waals surface area contributed by atoms with E-state index in [4.69, 9.17) is 11.6 Å². The fourth-order valence-corrected chi connectivity index (χ4v) is 2.98. The van der Waals surface area contributed by atoms with E-state index in [2.05, 4.69) is 31.3 Å². The molecular formula is C23H18ClN7O2. The van der Waals surface area contributed by atoms with Crippen molar-refractivity contribution in [3.8, 4) is 11.4 Å². The van der Waals surface area contributed by atoms with E-state index in [1.807, 2.05) is 30.3 Å². The van der Waals surface area contributed by atoms with Crippen LogP contribution in [0, 0.1) is 0 Å². The highest BCUT2D eigenvalue weighted by Crippen LogP contribution is 2.14. The van der Waals surface area contributed by atoms with Gasteiger partial charge in [0.1, 0.15) is 6.54 Å². The summed E-state index contributed by atoms with van der Waals surface area (Å²) in [4.78, 5) is 25.7. The summed E-state index contributed by atoms with van der Waals surface area (Å²) in [6.45, 7) is -0.131. The molecule has 0 radical (unpaired) electrons. The molecule has 33 heavy (non-hydrogen) atoms. The molecule has 0 fully saturated rings. The van der Waals surface area contributed by atoms with Crippen LogP contribution in [0.1, 0.15) is 15.9 Å². The van der Waals surface area contributed by atoms with Crippen LogP contribution in [-0.2, 0) is 11.3 Å². The number of anilines is 1. The molecular weight excluding hydrogens is 442 g/mol. The Hall–Kier alpha value is -4.37. The third-order valence-corrected chi connectivity index (χ3v) is 4.68. The van der Waals surface area contributed by atoms with Crippen molar-refractivity contribution in [3.63, 3.8) is 0 Å². The van der Waals surface area contributed by atoms with Crippen LogP contribution in [0.4, 0.5) is 5.69 Å². The number of hydrazone groups is 1. The van der Waals surface area contributed by atoms with Gasteiger partial charge < -0.3 is 5.32 Å². The van der Waals surface area contributed by atoms with E-state index in [9.17, 15) is 9.59 Å². The lowest BCUT2D eigenvalue weighted by molar-refractivity contribution is -0.122. The van der Waals surface area contributed by atoms with Crippen LogP contribution in [-0.4, -0.2) is 38.2 Å². The molecule has 2 amide bonds. The average molecular weight is 460 g/mol. The van der Waals surface area contributed by atoms with Crippen LogP contribution in [0.5, 0.6) is 0 Å². The van der Waals surface area contributed by atoms with Crippen LogP contribution in [0.2, 0.25) is 5.02 Å². The number of aromatic nitrogens is 4. The zero-order valence-electron chi connectivity index (χ0n) is 17.2. The summed E-state index contributed by atoms with van der Waals surface area (Å²) in [6, 6.07) is 23.0. The van der Waals surface area contributed by atoms with Crippen LogP contribution >= 0.6 is 11.6 Å². The molecule has 3 aromatic carbocycles. The maximum atomic E-state index is 12.3. The standard InChI is InChI=1S/C23H18ClN7O2/c24-19-11-9-18(10-12-19)23(33)26-20-8-4-5-16(13-20)14-25-27-21(32)15-31-29-22(28-30-31)17-6-2-1-3-7-17/h1-14H,15H2,(H,26,33)(H,27,32)/b25-14-. The van der Waals surface area contributed by atoms with E-state index in [1.54, 1.807) is 48.5 Å². The normalized spacial score (nSPS) is 10.8. The molecule has 0 bridgehead atoms. The van der Waals surface area contributed by atoms with Crippen molar-refractivity contribution in [1.82, 2.24) is 25.6 Å². The van der Waals surface area contributed by atoms with Gasteiger partial charge in [0.15, 0.2) is 0 Å². The number of carbonyl (C=O) groups is 2. The number of tetrazole rings is 1. The van der Waals surface area contributed by atoms with Gasteiger partial charge in [-0.15, -0.1) is 10.2 Å². The second-order valence-electron chi connectivity index (χ2n) is 6.89. The minimum absolute atomic E-state index is 0.131. The molecule has 1 heterocycles. The topological polar surface area (TPSA) is 114 Å². The SMILES string of the molecule is O=C(Cn1nnc(-c2ccccc2)n1)N/N=C\c1cccc(NC(=O)c2ccc(Cl)cc2)c1. The molecule has 164 valence electrons. The lowest BCUT2D eigenvalue weighted by atomic mass is 10.2. The highest BCUT2D eigenvalue weighted by molar-refractivity contribution is 6.30. The Bertz CT molecular complexity index is 1290. The minimum Gasteiger partial charge on any atom is -0.322 e. The summed E-state index contributed by atoms with van der Waals surface area (Å²) in [5.41, 5.74) is 5.00. The highest BCUT2D eigenvalue weighted by Gasteiger charge is 2.09. The zero-order chi connectivity index (χ0) is 23.0. The number of amides is 2. The van der Waals surface area contributed by atoms with Crippen LogP contribution in [0.25, 0.3) is 11.4 Å². The predicted molar refractivity (Wildman–Crippen MR) is 125 cm³/mol. The van der Waals surface area contributed by atoms with Gasteiger partial charge in [0, 0.05) is 21.8 Å². The number of nitrogens with one attached hydrogen (secondary N) is 2. The number of hydrogen-bond donors (Lipinski definition) is 2. The molecule has 2 N–H and O–H groups in total. The van der Waals surface area contributed by atoms with Gasteiger partial charge in [-0.3, -0.25) is 9.59 Å². The maximum absolute atomic E-state index is 12.3. The fraction of sp³-hybridized carbons (Fsp3) is 0.0435. The molecule has 4 aromatic rings. The Labute approximate surface area is 194 Å². The van der Waals surface area contributed by atoms with Gasteiger partial charge in [-0.2, -0.15) is 9.90 Å². The summed E-state index contributed by atoms with van der Waals surface area (Å²) < 4.78 is 0. The van der Waals surface area contributed by atoms with E-state index in [0.717, 1.165) is 5.56 Å². The molecule has 0 aliphatic heterocycles. The molecule has 9 nitrogen and oxygen atoms in total. The average Bonchev–Trinajstić information content (AvgIpc) is 3.29. The molecule has 10 heteroatoms. The lowest BCUT2D eigenvalue weighted by Crippen LogP contribution is -2.24. The quantitative estimate of drug-likeness (QED) is 0.325. The summed E-state index contributed by atoms with van der Waals surface area (Å²) >= 11 is 5.85. The third-order valence-electron chi connectivity index (χ3n) is 4.42. The number of hydrogen-bond acceptors (Lipinski definition) is 6. The molecule has 0 atom stereocenters. The second-order valence-corrected chi connectivity index (χ2v) is 7.33. The number of nitrogens with zero attached hydrogens (tertiary/aromatic N) is 5. The Kier molecular flexibility index (Phi) is 6.81. The van der Waals surface area contributed by atoms with E-state index in [1.165, 1.54) is 11.0 Å². The van der Waals surface area contributed by atoms with Crippen LogP contribution < -0.4 is 10.7 Å². The summed E-state index contributed by atoms with van der Waals surface area (Å²) in [6.07, 6.45) is 1.47. The lowest BCUT2D eigenvalue weighted by Gasteiger charge is -2.06. The summed E-state index contributed by atoms with van der Waals surface area (Å²) in [7, 11) is 0. The molecule has 0 aliphatic rings. The molecule has 0 spiro atoms. The van der Waals surface area contributed by atoms with Gasteiger partial charge in [0.25, 0.3) is 11.8 Å². The first-order valence-electron chi connectivity index (χ1n) is 9.89. The van der Waals surface area contributed by atoms with Crippen molar-refractivity contribution in [2.45, 2.75) is 6.54 Å². The van der Waals surface area contributed by atoms with E-state index in [0.29, 0.717) is 27.7 Å². The van der Waals surface area contributed by atoms with Gasteiger partial charge in [-0.05, 0) is 47.2 Å². The van der Waals surface area contributed by atoms with Crippen molar-refractivity contribution in [2.24, 2.45) is 5.10 Å². The van der Waals surface area contributed by atoms with Crippen LogP contribution in [0.15, 0.2) is 84.0 Å². The van der Waals surface area contributed by atoms with Crippen LogP contribution in [0.3, 0.4) is 0 Å². The number of halogens is 1. The highest BCUT2D eigenvalue weighted by atomic mass is 35.5. The Morgan fingerprint density at radius 3 is 2.58 bits per heavy atom. The predicted octanol–water partition coefficient (Wildman–Crippen LogP) is 3.40. The first kappa shape index (κ1) is 21.8. The Balaban J connectivity index is 1.31. The first-order chi connectivity index (χ1) is 16.1. The van der Waals surface area contributed by atoms with Gasteiger partial charge in [0.2, 0.25) is 5.82 Å². The van der Waals surface area contributed by atoms with Gasteiger partial charge in [-0.25, -0.2) is 5.43 Å². The number of carbonyl (C=O) groups excluding carboxylic acids is 2. The van der Waals surface area contributed by atoms with Crippen molar-refractivity contribution in [3.05, 3.63) is 95.0 Å². The molecule has 0 saturated heterocycles. The Morgan fingerprint density at radius 2 is 1.79 bits per heavy atom. The molecule has 0 aliphatic carbocycles. The summed E-state index contributed by atoms with van der Waals surface area (Å²) in [5.74, 6) is -0.232. The van der Waals surface area contributed by atoms with Gasteiger partial charge in [-0.1, -0.05) is 54.1 Å². The molecule has 4 rings (SSSR count). The summed E-state index contributed by atoms with van der Waals surface area (Å²) in [5, 5.41) is 19.3. The van der Waals surface area contributed by atoms with E-state index < -0.39 is 5.91 Å². The monoisotopic (exact) mass is 459 g/mol. The largest absolute Gasteiger partial charge is 0.322 e. The number of rotatable bonds is 7. The molecule has 0 saturated carbocycles. The van der Waals surface area contributed by atoms with Crippen molar-refractivity contribution in [1.29, 1.82) is 0 Å². The second kappa shape index (κ2) is 10.3. The zero-order valence-corrected chi connectivity index (χ0v) is 18.0. The van der Waals surface area contributed by atoms with Crippen molar-refractivity contribution >= 4 is 35.3 Å². The van der Waals surface area contributed by atoms with Crippen molar-refractivity contribution in [2.75, 3.05) is 5.32 Å². The smallest absolute Gasteiger partial charge is 0.263 e. The first-order valence-corrected chi connectivity index (χ1v) is 10.3. The van der Waals surface area contributed by atoms with Crippen molar-refractivity contribution < 1.29 is 9.59 Å². The molecule has 1 aromatic heterocycles. The third kappa shape index (κ3) is 6.08. The van der Waals surface area contributed by atoms with Gasteiger partial charge in [0.05, 0.1) is 6.21 Å². The number of benzene rings is 3. The fourth-order valence-electron chi connectivity index (χ4n) is 2.86.